The fourth-order valence-corrected chi connectivity index (χ4v) is 1.80. The summed E-state index contributed by atoms with van der Waals surface area (Å²) < 4.78 is 5.73. The van der Waals surface area contributed by atoms with E-state index >= 15 is 0 Å². The van der Waals surface area contributed by atoms with Crippen molar-refractivity contribution >= 4 is 0 Å². The molecule has 0 amide bonds. The number of rotatable bonds is 8. The van der Waals surface area contributed by atoms with Gasteiger partial charge >= 0.3 is 0 Å². The van der Waals surface area contributed by atoms with Gasteiger partial charge in [-0.1, -0.05) is 26.0 Å². The summed E-state index contributed by atoms with van der Waals surface area (Å²) in [6, 6.07) is 9.19. The highest BCUT2D eigenvalue weighted by Gasteiger charge is 2.04. The Labute approximate surface area is 118 Å². The molecule has 0 aromatic heterocycles. The van der Waals surface area contributed by atoms with Crippen molar-refractivity contribution in [1.29, 1.82) is 0 Å². The molecule has 1 rings (SSSR count). The molecule has 19 heavy (non-hydrogen) atoms. The molecule has 0 spiro atoms. The monoisotopic (exact) mass is 263 g/mol. The zero-order valence-corrected chi connectivity index (χ0v) is 13.1. The lowest BCUT2D eigenvalue weighted by Gasteiger charge is -2.19. The summed E-state index contributed by atoms with van der Waals surface area (Å²) in [5, 5.41) is 0. The van der Waals surface area contributed by atoms with Gasteiger partial charge in [0, 0.05) is 6.04 Å². The third-order valence-corrected chi connectivity index (χ3v) is 3.62. The van der Waals surface area contributed by atoms with Gasteiger partial charge in [-0.3, -0.25) is 0 Å². The molecule has 0 fully saturated rings. The topological polar surface area (TPSA) is 12.5 Å². The molecular weight excluding hydrogens is 234 g/mol. The van der Waals surface area contributed by atoms with Crippen LogP contribution < -0.4 is 4.74 Å². The number of nitrogens with zero attached hydrogens (tertiary/aromatic N) is 1. The first kappa shape index (κ1) is 16.0. The van der Waals surface area contributed by atoms with Crippen LogP contribution in [-0.2, 0) is 6.42 Å². The molecule has 2 heteroatoms. The van der Waals surface area contributed by atoms with Crippen molar-refractivity contribution in [2.45, 2.75) is 46.1 Å². The number of aryl methyl sites for hydroxylation is 1. The molecule has 0 aliphatic carbocycles. The summed E-state index contributed by atoms with van der Waals surface area (Å²) in [5.41, 5.74) is 1.39. The number of ether oxygens (including phenoxy) is 1. The van der Waals surface area contributed by atoms with E-state index < -0.39 is 0 Å². The molecule has 0 saturated carbocycles. The smallest absolute Gasteiger partial charge is 0.119 e. The largest absolute Gasteiger partial charge is 0.494 e. The van der Waals surface area contributed by atoms with Crippen LogP contribution in [0.15, 0.2) is 24.3 Å². The van der Waals surface area contributed by atoms with Crippen LogP contribution in [0.25, 0.3) is 0 Å². The molecule has 0 radical (unpaired) electrons. The summed E-state index contributed by atoms with van der Waals surface area (Å²) in [7, 11) is 4.27. The van der Waals surface area contributed by atoms with Crippen LogP contribution in [-0.4, -0.2) is 31.6 Å². The van der Waals surface area contributed by atoms with Gasteiger partial charge < -0.3 is 9.64 Å². The molecule has 0 aliphatic rings. The Bertz CT molecular complexity index is 343. The lowest BCUT2D eigenvalue weighted by Crippen LogP contribution is -2.24. The summed E-state index contributed by atoms with van der Waals surface area (Å²) in [5.74, 6) is 1.69. The molecular formula is C17H29NO. The molecule has 0 saturated heterocycles. The fourth-order valence-electron chi connectivity index (χ4n) is 1.80. The minimum absolute atomic E-state index is 0.627. The number of benzene rings is 1. The van der Waals surface area contributed by atoms with Gasteiger partial charge in [-0.25, -0.2) is 0 Å². The average molecular weight is 263 g/mol. The van der Waals surface area contributed by atoms with E-state index in [0.29, 0.717) is 12.0 Å². The number of hydrogen-bond donors (Lipinski definition) is 0. The lowest BCUT2D eigenvalue weighted by molar-refractivity contribution is 0.289. The van der Waals surface area contributed by atoms with Crippen LogP contribution in [0.5, 0.6) is 5.75 Å². The first-order valence-corrected chi connectivity index (χ1v) is 7.37. The predicted octanol–water partition coefficient (Wildman–Crippen LogP) is 3.99. The van der Waals surface area contributed by atoms with Crippen molar-refractivity contribution in [2.24, 2.45) is 5.92 Å². The van der Waals surface area contributed by atoms with Crippen molar-refractivity contribution in [3.8, 4) is 5.75 Å². The van der Waals surface area contributed by atoms with E-state index in [-0.39, 0.29) is 0 Å². The SMILES string of the molecule is CC(C)CCOc1ccc(CCC(C)N(C)C)cc1. The van der Waals surface area contributed by atoms with Gasteiger partial charge in [0.25, 0.3) is 0 Å². The summed E-state index contributed by atoms with van der Waals surface area (Å²) in [6.45, 7) is 7.52. The molecule has 0 bridgehead atoms. The van der Waals surface area contributed by atoms with E-state index in [2.05, 4.69) is 64.0 Å². The maximum Gasteiger partial charge on any atom is 0.119 e. The Hall–Kier alpha value is -1.02. The molecule has 1 aromatic carbocycles. The number of hydrogen-bond acceptors (Lipinski definition) is 2. The second-order valence-electron chi connectivity index (χ2n) is 6.03. The average Bonchev–Trinajstić information content (AvgIpc) is 2.37. The molecule has 108 valence electrons. The zero-order chi connectivity index (χ0) is 14.3. The second-order valence-corrected chi connectivity index (χ2v) is 6.03. The maximum atomic E-state index is 5.73. The van der Waals surface area contributed by atoms with Crippen molar-refractivity contribution < 1.29 is 4.74 Å². The molecule has 1 aromatic rings. The van der Waals surface area contributed by atoms with Gasteiger partial charge in [-0.2, -0.15) is 0 Å². The zero-order valence-electron chi connectivity index (χ0n) is 13.1. The van der Waals surface area contributed by atoms with Crippen molar-refractivity contribution in [1.82, 2.24) is 4.90 Å². The van der Waals surface area contributed by atoms with Gasteiger partial charge in [0.05, 0.1) is 6.61 Å². The van der Waals surface area contributed by atoms with Crippen molar-refractivity contribution in [3.63, 3.8) is 0 Å². The van der Waals surface area contributed by atoms with E-state index in [0.717, 1.165) is 25.2 Å². The molecule has 1 atom stereocenters. The molecule has 0 aliphatic heterocycles. The Morgan fingerprint density at radius 3 is 2.16 bits per heavy atom. The van der Waals surface area contributed by atoms with Gasteiger partial charge in [-0.05, 0) is 63.9 Å². The van der Waals surface area contributed by atoms with E-state index in [4.69, 9.17) is 4.74 Å². The van der Waals surface area contributed by atoms with E-state index in [1.165, 1.54) is 12.0 Å². The van der Waals surface area contributed by atoms with Crippen LogP contribution in [0.4, 0.5) is 0 Å². The lowest BCUT2D eigenvalue weighted by atomic mass is 10.1. The van der Waals surface area contributed by atoms with E-state index in [1.807, 2.05) is 0 Å². The van der Waals surface area contributed by atoms with Crippen molar-refractivity contribution in [2.75, 3.05) is 20.7 Å². The minimum atomic E-state index is 0.627. The third-order valence-electron chi connectivity index (χ3n) is 3.62. The van der Waals surface area contributed by atoms with Crippen LogP contribution in [0.3, 0.4) is 0 Å². The molecule has 1 unspecified atom stereocenters. The minimum Gasteiger partial charge on any atom is -0.494 e. The van der Waals surface area contributed by atoms with Gasteiger partial charge in [0.1, 0.15) is 5.75 Å². The Balaban J connectivity index is 2.35. The summed E-state index contributed by atoms with van der Waals surface area (Å²) in [6.07, 6.45) is 3.44. The summed E-state index contributed by atoms with van der Waals surface area (Å²) >= 11 is 0. The van der Waals surface area contributed by atoms with Crippen LogP contribution in [0.2, 0.25) is 0 Å². The first-order valence-electron chi connectivity index (χ1n) is 7.37. The molecule has 0 N–H and O–H groups in total. The maximum absolute atomic E-state index is 5.73. The predicted molar refractivity (Wildman–Crippen MR) is 82.9 cm³/mol. The Morgan fingerprint density at radius 2 is 1.63 bits per heavy atom. The highest BCUT2D eigenvalue weighted by molar-refractivity contribution is 5.27. The fraction of sp³-hybridized carbons (Fsp3) is 0.647. The Morgan fingerprint density at radius 1 is 1.00 bits per heavy atom. The molecule has 0 heterocycles. The first-order chi connectivity index (χ1) is 8.99. The highest BCUT2D eigenvalue weighted by Crippen LogP contribution is 2.15. The second kappa shape index (κ2) is 8.21. The quantitative estimate of drug-likeness (QED) is 0.703. The van der Waals surface area contributed by atoms with E-state index in [9.17, 15) is 0 Å². The third kappa shape index (κ3) is 6.63. The van der Waals surface area contributed by atoms with E-state index in [1.54, 1.807) is 0 Å². The molecule has 2 nitrogen and oxygen atoms in total. The summed E-state index contributed by atoms with van der Waals surface area (Å²) in [4.78, 5) is 2.27. The van der Waals surface area contributed by atoms with Crippen LogP contribution in [0, 0.1) is 5.92 Å². The highest BCUT2D eigenvalue weighted by atomic mass is 16.5. The van der Waals surface area contributed by atoms with Crippen LogP contribution >= 0.6 is 0 Å². The van der Waals surface area contributed by atoms with Gasteiger partial charge in [0.2, 0.25) is 0 Å². The van der Waals surface area contributed by atoms with Crippen LogP contribution in [0.1, 0.15) is 39.2 Å². The van der Waals surface area contributed by atoms with Crippen molar-refractivity contribution in [3.05, 3.63) is 29.8 Å². The van der Waals surface area contributed by atoms with Gasteiger partial charge in [0.15, 0.2) is 0 Å². The standard InChI is InChI=1S/C17H29NO/c1-14(2)12-13-19-17-10-8-16(9-11-17)7-6-15(3)18(4)5/h8-11,14-15H,6-7,12-13H2,1-5H3. The normalized spacial score (nSPS) is 13.0. The Kier molecular flexibility index (Phi) is 6.93. The van der Waals surface area contributed by atoms with Gasteiger partial charge in [-0.15, -0.1) is 0 Å².